The number of hydrogen-bond acceptors (Lipinski definition) is 8. The third-order valence-electron chi connectivity index (χ3n) is 6.51. The highest BCUT2D eigenvalue weighted by molar-refractivity contribution is 7.89. The molecule has 2 aliphatic heterocycles. The van der Waals surface area contributed by atoms with Crippen LogP contribution in [-0.4, -0.2) is 60.5 Å². The van der Waals surface area contributed by atoms with Gasteiger partial charge in [-0.2, -0.15) is 0 Å². The van der Waals surface area contributed by atoms with Crippen molar-refractivity contribution < 1.29 is 22.4 Å². The van der Waals surface area contributed by atoms with Crippen molar-refractivity contribution in [2.75, 3.05) is 26.0 Å². The second kappa shape index (κ2) is 11.0. The predicted molar refractivity (Wildman–Crippen MR) is 130 cm³/mol. The van der Waals surface area contributed by atoms with Gasteiger partial charge in [0, 0.05) is 38.5 Å². The van der Waals surface area contributed by atoms with Crippen molar-refractivity contribution in [3.8, 4) is 5.75 Å². The number of nitrogens with zero attached hydrogens (tertiary/aromatic N) is 4. The average molecular weight is 506 g/mol. The van der Waals surface area contributed by atoms with Crippen LogP contribution in [0.5, 0.6) is 5.75 Å². The summed E-state index contributed by atoms with van der Waals surface area (Å²) in [6.07, 6.45) is 2.10. The van der Waals surface area contributed by atoms with Crippen LogP contribution in [0.2, 0.25) is 0 Å². The number of rotatable bonds is 9. The summed E-state index contributed by atoms with van der Waals surface area (Å²) >= 11 is 0. The summed E-state index contributed by atoms with van der Waals surface area (Å²) in [6.45, 7) is 5.62. The summed E-state index contributed by atoms with van der Waals surface area (Å²) in [5.41, 5.74) is 3.26. The van der Waals surface area contributed by atoms with Gasteiger partial charge in [0.1, 0.15) is 17.6 Å². The second-order valence-corrected chi connectivity index (χ2v) is 11.1. The number of sulfonamides is 1. The molecule has 0 saturated carbocycles. The minimum atomic E-state index is -3.14. The van der Waals surface area contributed by atoms with E-state index in [0.29, 0.717) is 38.4 Å². The fourth-order valence-corrected chi connectivity index (χ4v) is 5.66. The van der Waals surface area contributed by atoms with Gasteiger partial charge in [-0.3, -0.25) is 0 Å². The molecule has 1 N–H and O–H groups in total. The van der Waals surface area contributed by atoms with Crippen LogP contribution in [0.1, 0.15) is 49.0 Å². The van der Waals surface area contributed by atoms with Gasteiger partial charge in [-0.1, -0.05) is 11.2 Å². The molecule has 1 unspecified atom stereocenters. The summed E-state index contributed by atoms with van der Waals surface area (Å²) < 4.78 is 44.5. The molecule has 0 radical (unpaired) electrons. The van der Waals surface area contributed by atoms with Gasteiger partial charge in [0.15, 0.2) is 11.6 Å². The number of aryl methyl sites for hydroxylation is 1. The van der Waals surface area contributed by atoms with Crippen molar-refractivity contribution in [2.24, 2.45) is 11.1 Å². The zero-order chi connectivity index (χ0) is 25.0. The highest BCUT2D eigenvalue weighted by atomic mass is 32.2. The lowest BCUT2D eigenvalue weighted by Gasteiger charge is -2.32. The Morgan fingerprint density at radius 3 is 2.69 bits per heavy atom. The Kier molecular flexibility index (Phi) is 7.98. The maximum Gasteiger partial charge on any atom is 0.213 e. The van der Waals surface area contributed by atoms with E-state index in [4.69, 9.17) is 9.57 Å². The predicted octanol–water partition coefficient (Wildman–Crippen LogP) is 2.78. The summed E-state index contributed by atoms with van der Waals surface area (Å²) in [5, 5.41) is 7.63. The Hall–Kier alpha value is -2.63. The van der Waals surface area contributed by atoms with Crippen LogP contribution in [0.3, 0.4) is 0 Å². The molecule has 0 bridgehead atoms. The minimum Gasteiger partial charge on any atom is -0.494 e. The third kappa shape index (κ3) is 6.14. The quantitative estimate of drug-likeness (QED) is 0.559. The Morgan fingerprint density at radius 1 is 1.20 bits per heavy atom. The molecular weight excluding hydrogens is 473 g/mol. The molecular formula is C24H32FN5O4S. The molecule has 2 aliphatic rings. The number of halogens is 1. The van der Waals surface area contributed by atoms with Crippen LogP contribution in [0.25, 0.3) is 0 Å². The number of ether oxygens (including phenoxy) is 1. The molecule has 4 rings (SSSR count). The lowest BCUT2D eigenvalue weighted by atomic mass is 9.89. The number of nitrogens with one attached hydrogen (secondary N) is 1. The lowest BCUT2D eigenvalue weighted by molar-refractivity contribution is 0.0225. The molecule has 0 amide bonds. The molecule has 1 saturated heterocycles. The van der Waals surface area contributed by atoms with Gasteiger partial charge < -0.3 is 14.9 Å². The third-order valence-corrected chi connectivity index (χ3v) is 8.39. The Bertz CT molecular complexity index is 1180. The number of oxime groups is 1. The number of methoxy groups -OCH3 is 1. The van der Waals surface area contributed by atoms with Crippen molar-refractivity contribution in [1.82, 2.24) is 19.6 Å². The minimum absolute atomic E-state index is 0.0678. The van der Waals surface area contributed by atoms with Gasteiger partial charge >= 0.3 is 0 Å². The molecule has 0 aliphatic carbocycles. The normalized spacial score (nSPS) is 19.4. The summed E-state index contributed by atoms with van der Waals surface area (Å²) in [7, 11) is -1.70. The fourth-order valence-electron chi connectivity index (χ4n) is 4.53. The van der Waals surface area contributed by atoms with Crippen molar-refractivity contribution >= 4 is 15.7 Å². The van der Waals surface area contributed by atoms with E-state index in [9.17, 15) is 12.8 Å². The highest BCUT2D eigenvalue weighted by Crippen LogP contribution is 2.30. The van der Waals surface area contributed by atoms with Crippen molar-refractivity contribution in [3.63, 3.8) is 0 Å². The van der Waals surface area contributed by atoms with Crippen LogP contribution in [0, 0.1) is 18.7 Å². The van der Waals surface area contributed by atoms with E-state index in [1.54, 1.807) is 23.4 Å². The van der Waals surface area contributed by atoms with Crippen molar-refractivity contribution in [1.29, 1.82) is 0 Å². The van der Waals surface area contributed by atoms with E-state index in [1.165, 1.54) is 13.2 Å². The number of piperidine rings is 1. The summed E-state index contributed by atoms with van der Waals surface area (Å²) in [5.74, 6) is 0.869. The largest absolute Gasteiger partial charge is 0.494 e. The molecule has 1 fully saturated rings. The average Bonchev–Trinajstić information content (AvgIpc) is 3.35. The zero-order valence-electron chi connectivity index (χ0n) is 20.3. The van der Waals surface area contributed by atoms with Crippen LogP contribution in [-0.2, 0) is 28.0 Å². The molecule has 0 spiro atoms. The van der Waals surface area contributed by atoms with Gasteiger partial charge in [-0.25, -0.2) is 27.1 Å². The first-order valence-corrected chi connectivity index (χ1v) is 13.5. The lowest BCUT2D eigenvalue weighted by Crippen LogP contribution is -2.41. The van der Waals surface area contributed by atoms with Crippen LogP contribution < -0.4 is 10.1 Å². The van der Waals surface area contributed by atoms with Gasteiger partial charge in [-0.05, 0) is 50.5 Å². The Labute approximate surface area is 205 Å². The smallest absolute Gasteiger partial charge is 0.213 e. The molecule has 11 heteroatoms. The molecule has 1 atom stereocenters. The first-order chi connectivity index (χ1) is 16.8. The second-order valence-electron chi connectivity index (χ2n) is 8.89. The Balaban J connectivity index is 1.33. The first kappa shape index (κ1) is 25.5. The van der Waals surface area contributed by atoms with E-state index in [-0.39, 0.29) is 29.3 Å². The van der Waals surface area contributed by atoms with E-state index in [0.717, 1.165) is 35.5 Å². The summed E-state index contributed by atoms with van der Waals surface area (Å²) in [4.78, 5) is 14.8. The molecule has 2 aromatic rings. The van der Waals surface area contributed by atoms with E-state index in [2.05, 4.69) is 20.4 Å². The fraction of sp³-hybridized carbons (Fsp3) is 0.542. The number of aromatic nitrogens is 2. The van der Waals surface area contributed by atoms with E-state index in [1.807, 2.05) is 13.0 Å². The van der Waals surface area contributed by atoms with Gasteiger partial charge in [0.2, 0.25) is 10.0 Å². The van der Waals surface area contributed by atoms with Gasteiger partial charge in [0.05, 0.1) is 24.3 Å². The highest BCUT2D eigenvalue weighted by Gasteiger charge is 2.35. The molecule has 3 heterocycles. The number of benzene rings is 1. The van der Waals surface area contributed by atoms with E-state index >= 15 is 0 Å². The number of hydrogen-bond donors (Lipinski definition) is 1. The van der Waals surface area contributed by atoms with Crippen LogP contribution in [0.15, 0.2) is 29.4 Å². The molecule has 9 nitrogen and oxygen atoms in total. The van der Waals surface area contributed by atoms with Crippen molar-refractivity contribution in [3.05, 3.63) is 52.9 Å². The standard InChI is InChI=1S/C24H32FN5O4S/c1-4-35(31,32)30-9-7-18(8-10-30)23-13-22(29-34-23)21-12-19(27-16(2)28-21)15-26-14-17-5-6-20(25)24(11-17)33-3/h5-6,11-12,18,23,26H,4,7-10,13-15H2,1-3H3. The molecule has 190 valence electrons. The van der Waals surface area contributed by atoms with Crippen LogP contribution >= 0.6 is 0 Å². The maximum absolute atomic E-state index is 13.6. The molecule has 1 aromatic heterocycles. The van der Waals surface area contributed by atoms with Gasteiger partial charge in [0.25, 0.3) is 0 Å². The van der Waals surface area contributed by atoms with Crippen LogP contribution in [0.4, 0.5) is 4.39 Å². The first-order valence-electron chi connectivity index (χ1n) is 11.9. The zero-order valence-corrected chi connectivity index (χ0v) is 21.1. The van der Waals surface area contributed by atoms with Crippen molar-refractivity contribution in [2.45, 2.75) is 52.3 Å². The van der Waals surface area contributed by atoms with E-state index < -0.39 is 10.0 Å². The maximum atomic E-state index is 13.6. The topological polar surface area (TPSA) is 106 Å². The summed E-state index contributed by atoms with van der Waals surface area (Å²) in [6, 6.07) is 6.69. The molecule has 1 aromatic carbocycles. The monoisotopic (exact) mass is 505 g/mol. The molecule has 35 heavy (non-hydrogen) atoms. The Morgan fingerprint density at radius 2 is 1.97 bits per heavy atom. The SMILES string of the molecule is CCS(=O)(=O)N1CCC(C2CC(c3cc(CNCc4ccc(F)c(OC)c4)nc(C)n3)=NO2)CC1. The van der Waals surface area contributed by atoms with Gasteiger partial charge in [-0.15, -0.1) is 0 Å².